The van der Waals surface area contributed by atoms with Crippen LogP contribution in [0.25, 0.3) is 0 Å². The summed E-state index contributed by atoms with van der Waals surface area (Å²) in [6, 6.07) is 11.3. The van der Waals surface area contributed by atoms with E-state index in [9.17, 15) is 0 Å². The molecule has 88 valence electrons. The van der Waals surface area contributed by atoms with Crippen LogP contribution in [0, 0.1) is 0 Å². The van der Waals surface area contributed by atoms with Gasteiger partial charge >= 0.3 is 0 Å². The van der Waals surface area contributed by atoms with Crippen LogP contribution in [0.1, 0.15) is 45.4 Å². The molecule has 1 fully saturated rings. The van der Waals surface area contributed by atoms with Crippen molar-refractivity contribution in [1.82, 2.24) is 0 Å². The van der Waals surface area contributed by atoms with Gasteiger partial charge in [-0.3, -0.25) is 0 Å². The van der Waals surface area contributed by atoms with E-state index in [-0.39, 0.29) is 7.92 Å². The monoisotopic (exact) mass is 234 g/mol. The first-order valence-electron chi connectivity index (χ1n) is 6.73. The molecule has 0 aromatic heterocycles. The minimum atomic E-state index is 0.137. The molecule has 1 unspecified atom stereocenters. The molecule has 1 saturated carbocycles. The van der Waals surface area contributed by atoms with Crippen molar-refractivity contribution in [2.24, 2.45) is 0 Å². The van der Waals surface area contributed by atoms with Gasteiger partial charge in [0.05, 0.1) is 0 Å². The fourth-order valence-electron chi connectivity index (χ4n) is 2.69. The van der Waals surface area contributed by atoms with Crippen molar-refractivity contribution in [3.8, 4) is 0 Å². The standard InChI is InChI=1S/C15H23P/c1-2-3-13-16(15-11-7-8-12-15)14-9-5-4-6-10-14/h4-6,9-10,15H,2-3,7-8,11-13H2,1H3. The Hall–Kier alpha value is -0.350. The number of hydrogen-bond acceptors (Lipinski definition) is 0. The summed E-state index contributed by atoms with van der Waals surface area (Å²) in [7, 11) is 0.137. The highest BCUT2D eigenvalue weighted by Crippen LogP contribution is 2.48. The topological polar surface area (TPSA) is 0 Å². The maximum absolute atomic E-state index is 2.36. The molecular formula is C15H23P. The Balaban J connectivity index is 2.07. The van der Waals surface area contributed by atoms with Gasteiger partial charge in [0.15, 0.2) is 0 Å². The molecule has 0 nitrogen and oxygen atoms in total. The van der Waals surface area contributed by atoms with Gasteiger partial charge in [-0.15, -0.1) is 0 Å². The molecule has 0 amide bonds. The van der Waals surface area contributed by atoms with Gasteiger partial charge in [-0.25, -0.2) is 0 Å². The van der Waals surface area contributed by atoms with E-state index in [0.717, 1.165) is 5.66 Å². The van der Waals surface area contributed by atoms with Gasteiger partial charge in [-0.05, 0) is 36.4 Å². The van der Waals surface area contributed by atoms with Crippen LogP contribution in [-0.2, 0) is 0 Å². The van der Waals surface area contributed by atoms with Gasteiger partial charge in [0, 0.05) is 0 Å². The SMILES string of the molecule is CCCCP(c1ccccc1)C1CCCC1. The number of benzene rings is 1. The van der Waals surface area contributed by atoms with Crippen LogP contribution >= 0.6 is 7.92 Å². The van der Waals surface area contributed by atoms with E-state index in [1.165, 1.54) is 44.7 Å². The van der Waals surface area contributed by atoms with Crippen LogP contribution < -0.4 is 5.30 Å². The van der Waals surface area contributed by atoms with E-state index in [1.807, 2.05) is 0 Å². The smallest absolute Gasteiger partial charge is 0.0169 e. The second-order valence-corrected chi connectivity index (χ2v) is 7.45. The summed E-state index contributed by atoms with van der Waals surface area (Å²) in [4.78, 5) is 0. The first-order chi connectivity index (χ1) is 7.92. The number of rotatable bonds is 5. The summed E-state index contributed by atoms with van der Waals surface area (Å²) < 4.78 is 0. The first-order valence-corrected chi connectivity index (χ1v) is 8.33. The molecule has 16 heavy (non-hydrogen) atoms. The Morgan fingerprint density at radius 1 is 1.12 bits per heavy atom. The summed E-state index contributed by atoms with van der Waals surface area (Å²) in [6.07, 6.45) is 10.1. The van der Waals surface area contributed by atoms with Crippen LogP contribution in [0.5, 0.6) is 0 Å². The highest BCUT2D eigenvalue weighted by Gasteiger charge is 2.24. The Kier molecular flexibility index (Phi) is 4.85. The predicted octanol–water partition coefficient (Wildman–Crippen LogP) is 4.54. The largest absolute Gasteiger partial charge is 0.0721 e. The maximum Gasteiger partial charge on any atom is -0.0169 e. The van der Waals surface area contributed by atoms with E-state index >= 15 is 0 Å². The number of hydrogen-bond donors (Lipinski definition) is 0. The van der Waals surface area contributed by atoms with E-state index in [1.54, 1.807) is 5.30 Å². The van der Waals surface area contributed by atoms with Gasteiger partial charge in [-0.1, -0.05) is 64.4 Å². The maximum atomic E-state index is 2.36. The lowest BCUT2D eigenvalue weighted by Crippen LogP contribution is -2.13. The molecular weight excluding hydrogens is 211 g/mol. The lowest BCUT2D eigenvalue weighted by Gasteiger charge is -2.24. The Bertz CT molecular complexity index is 288. The van der Waals surface area contributed by atoms with Crippen molar-refractivity contribution >= 4 is 13.2 Å². The highest BCUT2D eigenvalue weighted by molar-refractivity contribution is 7.66. The fraction of sp³-hybridized carbons (Fsp3) is 0.600. The molecule has 2 rings (SSSR count). The molecule has 0 aliphatic heterocycles. The van der Waals surface area contributed by atoms with Crippen LogP contribution in [0.3, 0.4) is 0 Å². The van der Waals surface area contributed by atoms with Crippen molar-refractivity contribution in [3.05, 3.63) is 30.3 Å². The molecule has 1 atom stereocenters. The van der Waals surface area contributed by atoms with Crippen molar-refractivity contribution < 1.29 is 0 Å². The van der Waals surface area contributed by atoms with Crippen LogP contribution in [0.15, 0.2) is 30.3 Å². The second-order valence-electron chi connectivity index (χ2n) is 4.82. The molecule has 1 aliphatic rings. The van der Waals surface area contributed by atoms with Crippen molar-refractivity contribution in [1.29, 1.82) is 0 Å². The Morgan fingerprint density at radius 3 is 2.44 bits per heavy atom. The third kappa shape index (κ3) is 3.08. The van der Waals surface area contributed by atoms with Gasteiger partial charge in [0.25, 0.3) is 0 Å². The third-order valence-electron chi connectivity index (χ3n) is 3.61. The van der Waals surface area contributed by atoms with Crippen LogP contribution in [0.2, 0.25) is 0 Å². The van der Waals surface area contributed by atoms with Crippen molar-refractivity contribution in [3.63, 3.8) is 0 Å². The molecule has 0 heterocycles. The summed E-state index contributed by atoms with van der Waals surface area (Å²) in [5, 5.41) is 1.65. The summed E-state index contributed by atoms with van der Waals surface area (Å²) in [6.45, 7) is 2.31. The highest BCUT2D eigenvalue weighted by atomic mass is 31.1. The second kappa shape index (κ2) is 6.40. The molecule has 0 spiro atoms. The summed E-state index contributed by atoms with van der Waals surface area (Å²) in [5.41, 5.74) is 1.03. The molecule has 1 aliphatic carbocycles. The van der Waals surface area contributed by atoms with Gasteiger partial charge < -0.3 is 0 Å². The quantitative estimate of drug-likeness (QED) is 0.656. The Labute approximate surface area is 101 Å². The van der Waals surface area contributed by atoms with E-state index in [2.05, 4.69) is 37.3 Å². The Morgan fingerprint density at radius 2 is 1.81 bits per heavy atom. The summed E-state index contributed by atoms with van der Waals surface area (Å²) in [5.74, 6) is 0. The van der Waals surface area contributed by atoms with Gasteiger partial charge in [0.1, 0.15) is 0 Å². The van der Waals surface area contributed by atoms with Crippen molar-refractivity contribution in [2.75, 3.05) is 6.16 Å². The fourth-order valence-corrected chi connectivity index (χ4v) is 5.93. The zero-order valence-corrected chi connectivity index (χ0v) is 11.3. The molecule has 1 aromatic carbocycles. The van der Waals surface area contributed by atoms with E-state index in [0.29, 0.717) is 0 Å². The van der Waals surface area contributed by atoms with Crippen molar-refractivity contribution in [2.45, 2.75) is 51.1 Å². The molecule has 0 N–H and O–H groups in total. The predicted molar refractivity (Wildman–Crippen MR) is 75.0 cm³/mol. The van der Waals surface area contributed by atoms with E-state index < -0.39 is 0 Å². The molecule has 1 aromatic rings. The average molecular weight is 234 g/mol. The first kappa shape index (κ1) is 12.1. The molecule has 0 bridgehead atoms. The minimum absolute atomic E-state index is 0.137. The van der Waals surface area contributed by atoms with Gasteiger partial charge in [-0.2, -0.15) is 0 Å². The van der Waals surface area contributed by atoms with Gasteiger partial charge in [0.2, 0.25) is 0 Å². The lowest BCUT2D eigenvalue weighted by atomic mass is 10.4. The molecule has 0 saturated heterocycles. The average Bonchev–Trinajstić information content (AvgIpc) is 2.85. The summed E-state index contributed by atoms with van der Waals surface area (Å²) >= 11 is 0. The number of unbranched alkanes of at least 4 members (excludes halogenated alkanes) is 1. The van der Waals surface area contributed by atoms with E-state index in [4.69, 9.17) is 0 Å². The third-order valence-corrected chi connectivity index (χ3v) is 6.76. The van der Waals surface area contributed by atoms with Crippen LogP contribution in [-0.4, -0.2) is 11.8 Å². The minimum Gasteiger partial charge on any atom is -0.0721 e. The zero-order chi connectivity index (χ0) is 11.2. The zero-order valence-electron chi connectivity index (χ0n) is 10.4. The molecule has 1 heteroatoms. The molecule has 0 radical (unpaired) electrons. The normalized spacial score (nSPS) is 18.8. The van der Waals surface area contributed by atoms with Crippen LogP contribution in [0.4, 0.5) is 0 Å². The lowest BCUT2D eigenvalue weighted by molar-refractivity contribution is 0.858.